The van der Waals surface area contributed by atoms with Crippen molar-refractivity contribution >= 4 is 40.5 Å². The predicted molar refractivity (Wildman–Crippen MR) is 113 cm³/mol. The summed E-state index contributed by atoms with van der Waals surface area (Å²) in [5, 5.41) is 3.77. The Labute approximate surface area is 174 Å². The molecule has 1 aliphatic rings. The molecule has 0 unspecified atom stereocenters. The van der Waals surface area contributed by atoms with Crippen LogP contribution in [0.1, 0.15) is 36.1 Å². The van der Waals surface area contributed by atoms with Crippen molar-refractivity contribution in [2.75, 3.05) is 19.0 Å². The summed E-state index contributed by atoms with van der Waals surface area (Å²) in [5.41, 5.74) is 3.51. The van der Waals surface area contributed by atoms with Crippen molar-refractivity contribution < 1.29 is 19.0 Å². The Balaban J connectivity index is 2.07. The molecule has 0 aromatic heterocycles. The fraction of sp³-hybridized carbons (Fsp3) is 0.333. The van der Waals surface area contributed by atoms with Gasteiger partial charge in [0.15, 0.2) is 0 Å². The number of rotatable bonds is 5. The highest BCUT2D eigenvalue weighted by Crippen LogP contribution is 2.41. The van der Waals surface area contributed by atoms with Crippen LogP contribution < -0.4 is 10.1 Å². The Bertz CT molecular complexity index is 902. The zero-order valence-electron chi connectivity index (χ0n) is 16.0. The van der Waals surface area contributed by atoms with Gasteiger partial charge in [-0.05, 0) is 43.7 Å². The van der Waals surface area contributed by atoms with Gasteiger partial charge in [-0.1, -0.05) is 36.0 Å². The smallest absolute Gasteiger partial charge is 0.308 e. The van der Waals surface area contributed by atoms with Gasteiger partial charge in [0.1, 0.15) is 22.9 Å². The highest BCUT2D eigenvalue weighted by molar-refractivity contribution is 7.80. The highest BCUT2D eigenvalue weighted by Gasteiger charge is 2.33. The minimum absolute atomic E-state index is 0.0199. The lowest BCUT2D eigenvalue weighted by Crippen LogP contribution is -2.31. The van der Waals surface area contributed by atoms with Crippen molar-refractivity contribution in [1.82, 2.24) is 0 Å². The molecule has 2 aromatic rings. The maximum atomic E-state index is 12.1. The fourth-order valence-corrected chi connectivity index (χ4v) is 3.59. The number of carbonyl (C=O) groups is 1. The lowest BCUT2D eigenvalue weighted by Gasteiger charge is -2.24. The molecule has 0 fully saturated rings. The van der Waals surface area contributed by atoms with Crippen LogP contribution in [0.15, 0.2) is 36.4 Å². The van der Waals surface area contributed by atoms with Crippen LogP contribution in [0.2, 0.25) is 5.02 Å². The number of methoxy groups -OCH3 is 1. The standard InChI is InChI=1S/C21H22ClNO4S/c1-4-26-19(24)11-18-21(28)23-16-8-6-13(22)10-15(16)20(27-18)14-7-5-12(2)9-17(14)25-3/h5-10,18,20H,4,11H2,1-3H3,(H,23,28)/t18-,20-/m1/s1. The molecule has 7 heteroatoms. The Morgan fingerprint density at radius 2 is 2.04 bits per heavy atom. The molecule has 0 saturated carbocycles. The molecule has 2 aromatic carbocycles. The summed E-state index contributed by atoms with van der Waals surface area (Å²) in [6, 6.07) is 11.4. The summed E-state index contributed by atoms with van der Waals surface area (Å²) in [5.74, 6) is 0.328. The number of aryl methyl sites for hydroxylation is 1. The number of esters is 1. The van der Waals surface area contributed by atoms with Gasteiger partial charge < -0.3 is 19.5 Å². The van der Waals surface area contributed by atoms with E-state index in [2.05, 4.69) is 5.32 Å². The Morgan fingerprint density at radius 3 is 2.75 bits per heavy atom. The number of fused-ring (bicyclic) bond motifs is 1. The zero-order chi connectivity index (χ0) is 20.3. The van der Waals surface area contributed by atoms with E-state index in [4.69, 9.17) is 38.0 Å². The van der Waals surface area contributed by atoms with E-state index in [1.807, 2.05) is 37.3 Å². The summed E-state index contributed by atoms with van der Waals surface area (Å²) in [7, 11) is 1.62. The molecule has 0 amide bonds. The molecule has 148 valence electrons. The summed E-state index contributed by atoms with van der Waals surface area (Å²) in [6.45, 7) is 4.06. The Morgan fingerprint density at radius 1 is 1.25 bits per heavy atom. The molecule has 5 nitrogen and oxygen atoms in total. The number of anilines is 1. The van der Waals surface area contributed by atoms with Gasteiger partial charge in [-0.25, -0.2) is 0 Å². The third kappa shape index (κ3) is 4.46. The van der Waals surface area contributed by atoms with E-state index in [9.17, 15) is 4.79 Å². The molecule has 0 radical (unpaired) electrons. The van der Waals surface area contributed by atoms with Crippen LogP contribution in [0.25, 0.3) is 0 Å². The second kappa shape index (κ2) is 8.90. The third-order valence-corrected chi connectivity index (χ3v) is 5.08. The zero-order valence-corrected chi connectivity index (χ0v) is 17.5. The van der Waals surface area contributed by atoms with Gasteiger partial charge in [-0.2, -0.15) is 0 Å². The van der Waals surface area contributed by atoms with Crippen molar-refractivity contribution in [1.29, 1.82) is 0 Å². The minimum Gasteiger partial charge on any atom is -0.496 e. The summed E-state index contributed by atoms with van der Waals surface area (Å²) < 4.78 is 17.0. The van der Waals surface area contributed by atoms with E-state index in [0.29, 0.717) is 22.4 Å². The number of halogens is 1. The number of hydrogen-bond acceptors (Lipinski definition) is 5. The quantitative estimate of drug-likeness (QED) is 0.553. The number of nitrogens with one attached hydrogen (secondary N) is 1. The highest BCUT2D eigenvalue weighted by atomic mass is 35.5. The largest absolute Gasteiger partial charge is 0.496 e. The van der Waals surface area contributed by atoms with Gasteiger partial charge in [0.05, 0.1) is 20.1 Å². The van der Waals surface area contributed by atoms with E-state index in [1.165, 1.54) is 0 Å². The maximum absolute atomic E-state index is 12.1. The predicted octanol–water partition coefficient (Wildman–Crippen LogP) is 4.84. The van der Waals surface area contributed by atoms with Gasteiger partial charge in [0.2, 0.25) is 0 Å². The molecule has 1 aliphatic heterocycles. The van der Waals surface area contributed by atoms with Gasteiger partial charge in [-0.15, -0.1) is 0 Å². The Kier molecular flexibility index (Phi) is 6.54. The average Bonchev–Trinajstić information content (AvgIpc) is 2.79. The first-order valence-corrected chi connectivity index (χ1v) is 9.77. The second-order valence-electron chi connectivity index (χ2n) is 6.48. The van der Waals surface area contributed by atoms with Crippen LogP contribution in [-0.4, -0.2) is 30.8 Å². The SMILES string of the molecule is CCOC(=O)C[C@H]1O[C@H](c2ccc(C)cc2OC)c2cc(Cl)ccc2NC1=S. The fourth-order valence-electron chi connectivity index (χ4n) is 3.16. The van der Waals surface area contributed by atoms with Crippen molar-refractivity contribution in [2.45, 2.75) is 32.5 Å². The van der Waals surface area contributed by atoms with E-state index in [-0.39, 0.29) is 12.4 Å². The van der Waals surface area contributed by atoms with Crippen LogP contribution >= 0.6 is 23.8 Å². The van der Waals surface area contributed by atoms with E-state index in [1.54, 1.807) is 20.1 Å². The summed E-state index contributed by atoms with van der Waals surface area (Å²) in [4.78, 5) is 12.5. The normalized spacial score (nSPS) is 18.6. The van der Waals surface area contributed by atoms with Gasteiger partial charge in [0.25, 0.3) is 0 Å². The Hall–Kier alpha value is -2.15. The van der Waals surface area contributed by atoms with Gasteiger partial charge >= 0.3 is 5.97 Å². The molecule has 0 saturated heterocycles. The van der Waals surface area contributed by atoms with Gasteiger partial charge in [0, 0.05) is 21.8 Å². The first-order chi connectivity index (χ1) is 13.4. The number of benzene rings is 2. The number of carbonyl (C=O) groups excluding carboxylic acids is 1. The molecule has 1 N–H and O–H groups in total. The number of hydrogen-bond donors (Lipinski definition) is 1. The molecular weight excluding hydrogens is 398 g/mol. The van der Waals surface area contributed by atoms with Crippen LogP contribution in [0.3, 0.4) is 0 Å². The van der Waals surface area contributed by atoms with Crippen molar-refractivity contribution in [3.63, 3.8) is 0 Å². The van der Waals surface area contributed by atoms with E-state index >= 15 is 0 Å². The molecule has 0 spiro atoms. The first kappa shape index (κ1) is 20.6. The van der Waals surface area contributed by atoms with E-state index < -0.39 is 12.2 Å². The topological polar surface area (TPSA) is 56.8 Å². The molecule has 3 rings (SSSR count). The molecule has 0 bridgehead atoms. The molecular formula is C21H22ClNO4S. The minimum atomic E-state index is -0.642. The van der Waals surface area contributed by atoms with Gasteiger partial charge in [-0.3, -0.25) is 4.79 Å². The van der Waals surface area contributed by atoms with Crippen LogP contribution in [0, 0.1) is 6.92 Å². The van der Waals surface area contributed by atoms with Crippen molar-refractivity contribution in [3.8, 4) is 5.75 Å². The lowest BCUT2D eigenvalue weighted by molar-refractivity contribution is -0.145. The van der Waals surface area contributed by atoms with Crippen LogP contribution in [0.5, 0.6) is 5.75 Å². The first-order valence-electron chi connectivity index (χ1n) is 8.98. The monoisotopic (exact) mass is 419 g/mol. The average molecular weight is 420 g/mol. The van der Waals surface area contributed by atoms with E-state index in [0.717, 1.165) is 22.4 Å². The molecule has 2 atom stereocenters. The second-order valence-corrected chi connectivity index (χ2v) is 7.36. The van der Waals surface area contributed by atoms with Crippen LogP contribution in [0.4, 0.5) is 5.69 Å². The number of thiocarbonyl (C=S) groups is 1. The lowest BCUT2D eigenvalue weighted by atomic mass is 9.97. The number of ether oxygens (including phenoxy) is 3. The van der Waals surface area contributed by atoms with Crippen molar-refractivity contribution in [2.24, 2.45) is 0 Å². The molecule has 28 heavy (non-hydrogen) atoms. The third-order valence-electron chi connectivity index (χ3n) is 4.48. The molecule has 0 aliphatic carbocycles. The van der Waals surface area contributed by atoms with Crippen LogP contribution in [-0.2, 0) is 14.3 Å². The summed E-state index contributed by atoms with van der Waals surface area (Å²) >= 11 is 11.8. The maximum Gasteiger partial charge on any atom is 0.308 e. The van der Waals surface area contributed by atoms with Crippen molar-refractivity contribution in [3.05, 3.63) is 58.1 Å². The molecule has 1 heterocycles. The summed E-state index contributed by atoms with van der Waals surface area (Å²) in [6.07, 6.45) is -1.14.